The number of alkyl halides is 3. The van der Waals surface area contributed by atoms with Crippen LogP contribution >= 0.6 is 11.3 Å². The van der Waals surface area contributed by atoms with Crippen LogP contribution in [0.5, 0.6) is 0 Å². The van der Waals surface area contributed by atoms with Gasteiger partial charge >= 0.3 is 6.18 Å². The third-order valence-corrected chi connectivity index (χ3v) is 5.44. The van der Waals surface area contributed by atoms with Gasteiger partial charge in [0, 0.05) is 17.5 Å². The van der Waals surface area contributed by atoms with Gasteiger partial charge in [0.2, 0.25) is 0 Å². The SMILES string of the molecule is O=c1cc(CN2CCCCC2)nc2c(-c3cccs3)c(C(F)(F)F)[nH]n12. The van der Waals surface area contributed by atoms with Crippen LogP contribution in [0.25, 0.3) is 16.1 Å². The number of halogens is 3. The number of likely N-dealkylation sites (tertiary alicyclic amines) is 1. The van der Waals surface area contributed by atoms with Gasteiger partial charge in [-0.15, -0.1) is 11.3 Å². The Kier molecular flexibility index (Phi) is 4.36. The quantitative estimate of drug-likeness (QED) is 0.751. The van der Waals surface area contributed by atoms with Crippen LogP contribution in [0.1, 0.15) is 30.7 Å². The van der Waals surface area contributed by atoms with E-state index in [-0.39, 0.29) is 11.2 Å². The van der Waals surface area contributed by atoms with Crippen molar-refractivity contribution in [1.82, 2.24) is 19.5 Å². The molecular formula is C17H17F3N4OS. The summed E-state index contributed by atoms with van der Waals surface area (Å²) in [6.45, 7) is 2.31. The number of piperidine rings is 1. The van der Waals surface area contributed by atoms with Crippen molar-refractivity contribution in [3.63, 3.8) is 0 Å². The fraction of sp³-hybridized carbons (Fsp3) is 0.412. The van der Waals surface area contributed by atoms with Crippen molar-refractivity contribution in [3.05, 3.63) is 45.3 Å². The van der Waals surface area contributed by atoms with E-state index in [9.17, 15) is 18.0 Å². The van der Waals surface area contributed by atoms with E-state index >= 15 is 0 Å². The summed E-state index contributed by atoms with van der Waals surface area (Å²) in [6, 6.07) is 4.60. The summed E-state index contributed by atoms with van der Waals surface area (Å²) < 4.78 is 41.4. The second-order valence-electron chi connectivity index (χ2n) is 6.42. The number of H-pyrrole nitrogens is 1. The van der Waals surface area contributed by atoms with Gasteiger partial charge in [0.05, 0.1) is 11.3 Å². The number of aromatic amines is 1. The van der Waals surface area contributed by atoms with Crippen molar-refractivity contribution >= 4 is 17.0 Å². The van der Waals surface area contributed by atoms with Crippen LogP contribution in [0.3, 0.4) is 0 Å². The topological polar surface area (TPSA) is 53.4 Å². The lowest BCUT2D eigenvalue weighted by atomic mass is 10.1. The third kappa shape index (κ3) is 3.16. The van der Waals surface area contributed by atoms with Crippen LogP contribution in [-0.4, -0.2) is 32.6 Å². The molecule has 1 saturated heterocycles. The lowest BCUT2D eigenvalue weighted by Crippen LogP contribution is -2.30. The van der Waals surface area contributed by atoms with E-state index in [2.05, 4.69) is 15.0 Å². The summed E-state index contributed by atoms with van der Waals surface area (Å²) in [5.41, 5.74) is -1.01. The van der Waals surface area contributed by atoms with E-state index in [1.165, 1.54) is 23.8 Å². The highest BCUT2D eigenvalue weighted by atomic mass is 32.1. The first-order valence-electron chi connectivity index (χ1n) is 8.41. The first kappa shape index (κ1) is 17.3. The van der Waals surface area contributed by atoms with Crippen molar-refractivity contribution in [2.45, 2.75) is 32.0 Å². The standard InChI is InChI=1S/C17H17F3N4OS/c18-17(19,20)15-14(12-5-4-8-26-12)16-21-11(9-13(25)24(16)22-15)10-23-6-2-1-3-7-23/h4-5,8-9,22H,1-3,6-7,10H2. The third-order valence-electron chi connectivity index (χ3n) is 4.55. The Morgan fingerprint density at radius 2 is 2.00 bits per heavy atom. The molecule has 26 heavy (non-hydrogen) atoms. The molecule has 3 aromatic heterocycles. The molecule has 0 spiro atoms. The fourth-order valence-electron chi connectivity index (χ4n) is 3.37. The minimum absolute atomic E-state index is 0.0271. The Morgan fingerprint density at radius 3 is 2.65 bits per heavy atom. The van der Waals surface area contributed by atoms with Crippen LogP contribution in [0.15, 0.2) is 28.4 Å². The maximum atomic E-state index is 13.5. The predicted molar refractivity (Wildman–Crippen MR) is 93.3 cm³/mol. The molecule has 0 unspecified atom stereocenters. The monoisotopic (exact) mass is 382 g/mol. The minimum atomic E-state index is -4.60. The molecule has 0 atom stereocenters. The molecule has 0 bridgehead atoms. The van der Waals surface area contributed by atoms with Crippen LogP contribution in [-0.2, 0) is 12.7 Å². The van der Waals surface area contributed by atoms with Gasteiger partial charge < -0.3 is 0 Å². The van der Waals surface area contributed by atoms with Gasteiger partial charge in [0.15, 0.2) is 5.65 Å². The highest BCUT2D eigenvalue weighted by molar-refractivity contribution is 7.13. The van der Waals surface area contributed by atoms with E-state index in [0.29, 0.717) is 17.1 Å². The maximum absolute atomic E-state index is 13.5. The number of thiophene rings is 1. The molecule has 5 nitrogen and oxygen atoms in total. The highest BCUT2D eigenvalue weighted by Gasteiger charge is 2.38. The number of fused-ring (bicyclic) bond motifs is 1. The van der Waals surface area contributed by atoms with Crippen molar-refractivity contribution in [2.75, 3.05) is 13.1 Å². The predicted octanol–water partition coefficient (Wildman–Crippen LogP) is 3.76. The summed E-state index contributed by atoms with van der Waals surface area (Å²) in [4.78, 5) is 19.4. The molecule has 0 aliphatic carbocycles. The average Bonchev–Trinajstić information content (AvgIpc) is 3.22. The van der Waals surface area contributed by atoms with E-state index in [1.54, 1.807) is 17.5 Å². The Hall–Kier alpha value is -2.13. The summed E-state index contributed by atoms with van der Waals surface area (Å²) in [6.07, 6.45) is -1.25. The second kappa shape index (κ2) is 6.55. The number of aromatic nitrogens is 3. The van der Waals surface area contributed by atoms with E-state index < -0.39 is 17.4 Å². The molecular weight excluding hydrogens is 365 g/mol. The molecule has 4 heterocycles. The summed E-state index contributed by atoms with van der Waals surface area (Å²) in [5.74, 6) is 0. The molecule has 0 aromatic carbocycles. The normalized spacial score (nSPS) is 16.4. The van der Waals surface area contributed by atoms with E-state index in [0.717, 1.165) is 30.4 Å². The summed E-state index contributed by atoms with van der Waals surface area (Å²) in [7, 11) is 0. The van der Waals surface area contributed by atoms with Gasteiger partial charge in [-0.1, -0.05) is 12.5 Å². The maximum Gasteiger partial charge on any atom is 0.433 e. The first-order valence-corrected chi connectivity index (χ1v) is 9.29. The van der Waals surface area contributed by atoms with Gasteiger partial charge in [0.25, 0.3) is 5.56 Å². The summed E-state index contributed by atoms with van der Waals surface area (Å²) >= 11 is 1.19. The van der Waals surface area contributed by atoms with Crippen molar-refractivity contribution in [2.24, 2.45) is 0 Å². The fourth-order valence-corrected chi connectivity index (χ4v) is 4.14. The molecule has 3 aromatic rings. The van der Waals surface area contributed by atoms with E-state index in [1.807, 2.05) is 0 Å². The minimum Gasteiger partial charge on any atom is -0.298 e. The zero-order valence-electron chi connectivity index (χ0n) is 13.8. The molecule has 1 N–H and O–H groups in total. The number of rotatable bonds is 3. The number of hydrogen-bond donors (Lipinski definition) is 1. The van der Waals surface area contributed by atoms with Crippen molar-refractivity contribution < 1.29 is 13.2 Å². The molecule has 0 saturated carbocycles. The van der Waals surface area contributed by atoms with Crippen LogP contribution in [0.2, 0.25) is 0 Å². The first-order chi connectivity index (χ1) is 12.4. The number of nitrogens with one attached hydrogen (secondary N) is 1. The second-order valence-corrected chi connectivity index (χ2v) is 7.37. The van der Waals surface area contributed by atoms with Gasteiger partial charge in [-0.3, -0.25) is 14.8 Å². The molecule has 0 amide bonds. The Morgan fingerprint density at radius 1 is 1.23 bits per heavy atom. The van der Waals surface area contributed by atoms with Crippen LogP contribution in [0.4, 0.5) is 13.2 Å². The Labute approximate surface area is 151 Å². The Bertz CT molecular complexity index is 968. The molecule has 1 aliphatic rings. The molecule has 138 valence electrons. The number of nitrogens with zero attached hydrogens (tertiary/aromatic N) is 3. The zero-order valence-corrected chi connectivity index (χ0v) is 14.7. The number of hydrogen-bond acceptors (Lipinski definition) is 4. The summed E-state index contributed by atoms with van der Waals surface area (Å²) in [5, 5.41) is 3.90. The van der Waals surface area contributed by atoms with Crippen LogP contribution < -0.4 is 5.56 Å². The lowest BCUT2D eigenvalue weighted by Gasteiger charge is -2.25. The van der Waals surface area contributed by atoms with Gasteiger partial charge in [-0.2, -0.15) is 13.2 Å². The van der Waals surface area contributed by atoms with Gasteiger partial charge in [0.1, 0.15) is 5.69 Å². The lowest BCUT2D eigenvalue weighted by molar-refractivity contribution is -0.140. The zero-order chi connectivity index (χ0) is 18.3. The molecule has 4 rings (SSSR count). The molecule has 1 fully saturated rings. The van der Waals surface area contributed by atoms with E-state index in [4.69, 9.17) is 0 Å². The van der Waals surface area contributed by atoms with Gasteiger partial charge in [-0.25, -0.2) is 9.50 Å². The molecule has 9 heteroatoms. The molecule has 0 radical (unpaired) electrons. The Balaban J connectivity index is 1.86. The highest BCUT2D eigenvalue weighted by Crippen LogP contribution is 2.39. The smallest absolute Gasteiger partial charge is 0.298 e. The largest absolute Gasteiger partial charge is 0.433 e. The van der Waals surface area contributed by atoms with Crippen molar-refractivity contribution in [1.29, 1.82) is 0 Å². The van der Waals surface area contributed by atoms with Crippen molar-refractivity contribution in [3.8, 4) is 10.4 Å². The van der Waals surface area contributed by atoms with Gasteiger partial charge in [-0.05, 0) is 37.4 Å². The van der Waals surface area contributed by atoms with Crippen LogP contribution in [0, 0.1) is 0 Å². The average molecular weight is 382 g/mol. The molecule has 1 aliphatic heterocycles.